The Kier molecular flexibility index (Phi) is 38.0. The van der Waals surface area contributed by atoms with E-state index in [-0.39, 0.29) is 34.5 Å². The number of rotatable bonds is 0. The normalized spacial score (nSPS) is 15.3. The molecule has 0 fully saturated rings. The minimum atomic E-state index is -0.0149. The first-order valence-corrected chi connectivity index (χ1v) is 54.4. The van der Waals surface area contributed by atoms with Crippen LogP contribution in [0.4, 0.5) is 0 Å². The molecule has 0 unspecified atom stereocenters. The van der Waals surface area contributed by atoms with Crippen LogP contribution < -0.4 is 0 Å². The molecule has 5 nitrogen and oxygen atoms in total. The zero-order valence-corrected chi connectivity index (χ0v) is 95.8. The van der Waals surface area contributed by atoms with Crippen LogP contribution in [0.1, 0.15) is 383 Å². The van der Waals surface area contributed by atoms with Gasteiger partial charge in [-0.15, -0.1) is 0 Å². The fourth-order valence-corrected chi connectivity index (χ4v) is 19.5. The molecule has 0 N–H and O–H groups in total. The van der Waals surface area contributed by atoms with E-state index in [0.717, 1.165) is 80.2 Å². The van der Waals surface area contributed by atoms with Crippen molar-refractivity contribution in [3.8, 4) is 0 Å². The molecule has 0 radical (unpaired) electrons. The van der Waals surface area contributed by atoms with Crippen molar-refractivity contribution >= 4 is 52.4 Å². The van der Waals surface area contributed by atoms with Gasteiger partial charge in [0.05, 0.1) is 6.26 Å². The van der Waals surface area contributed by atoms with Crippen LogP contribution in [0.25, 0.3) is 52.4 Å². The first-order chi connectivity index (χ1) is 67.8. The van der Waals surface area contributed by atoms with Gasteiger partial charge in [-0.25, -0.2) is 4.98 Å². The van der Waals surface area contributed by atoms with Crippen molar-refractivity contribution in [2.24, 2.45) is 22.2 Å². The van der Waals surface area contributed by atoms with E-state index >= 15 is 0 Å². The van der Waals surface area contributed by atoms with E-state index in [2.05, 4.69) is 504 Å². The van der Waals surface area contributed by atoms with E-state index in [9.17, 15) is 0 Å². The number of fused-ring (bicyclic) bond motifs is 11. The van der Waals surface area contributed by atoms with Gasteiger partial charge in [-0.1, -0.05) is 473 Å². The average Bonchev–Trinajstić information content (AvgIpc) is 1.74. The number of para-hydroxylation sites is 2. The molecule has 0 saturated carbocycles. The average molecular weight is 1950 g/mol. The number of aryl methyl sites for hydroxylation is 2. The molecule has 13 aromatic rings. The molecule has 0 saturated heterocycles. The number of oxazole rings is 1. The van der Waals surface area contributed by atoms with Gasteiger partial charge in [0.25, 0.3) is 0 Å². The van der Waals surface area contributed by atoms with Gasteiger partial charge in [0.2, 0.25) is 5.89 Å². The van der Waals surface area contributed by atoms with Crippen LogP contribution in [0.2, 0.25) is 0 Å². The molecule has 11 aromatic carbocycles. The Morgan fingerprint density at radius 1 is 0.281 bits per heavy atom. The Bertz CT molecular complexity index is 6320. The van der Waals surface area contributed by atoms with E-state index in [0.29, 0.717) is 32.7 Å². The molecule has 7 aliphatic carbocycles. The maximum absolute atomic E-state index is 5.62. The van der Waals surface area contributed by atoms with Crippen LogP contribution in [0.3, 0.4) is 0 Å². The third-order valence-electron chi connectivity index (χ3n) is 30.0. The lowest BCUT2D eigenvalue weighted by Gasteiger charge is -2.39. The van der Waals surface area contributed by atoms with Crippen LogP contribution in [-0.4, -0.2) is 32.4 Å². The Morgan fingerprint density at radius 3 is 1.08 bits per heavy atom. The lowest BCUT2D eigenvalue weighted by Crippen LogP contribution is -2.44. The zero-order chi connectivity index (χ0) is 106. The van der Waals surface area contributed by atoms with Crippen LogP contribution in [0.5, 0.6) is 0 Å². The second kappa shape index (κ2) is 48.1. The van der Waals surface area contributed by atoms with E-state index in [1.807, 2.05) is 30.3 Å². The first-order valence-electron chi connectivity index (χ1n) is 54.4. The van der Waals surface area contributed by atoms with Gasteiger partial charge in [0.1, 0.15) is 11.1 Å². The Morgan fingerprint density at radius 2 is 0.644 bits per heavy atom. The van der Waals surface area contributed by atoms with E-state index in [1.54, 1.807) is 39.7 Å². The van der Waals surface area contributed by atoms with Crippen molar-refractivity contribution in [3.05, 3.63) is 412 Å². The van der Waals surface area contributed by atoms with Crippen molar-refractivity contribution in [2.75, 3.05) is 6.54 Å². The highest BCUT2D eigenvalue weighted by Crippen LogP contribution is 2.42. The summed E-state index contributed by atoms with van der Waals surface area (Å²) < 4.78 is 11.0. The molecule has 0 amide bonds. The van der Waals surface area contributed by atoms with Gasteiger partial charge >= 0.3 is 0 Å². The van der Waals surface area contributed by atoms with Crippen molar-refractivity contribution in [2.45, 2.75) is 376 Å². The van der Waals surface area contributed by atoms with Crippen molar-refractivity contribution < 1.29 is 8.83 Å². The number of hydrogen-bond donors (Lipinski definition) is 0. The third kappa shape index (κ3) is 32.8. The maximum Gasteiger partial charge on any atom is 0.200 e. The van der Waals surface area contributed by atoms with Gasteiger partial charge in [0, 0.05) is 48.1 Å². The summed E-state index contributed by atoms with van der Waals surface area (Å²) in [4.78, 5) is 9.48. The highest BCUT2D eigenvalue weighted by Gasteiger charge is 2.33. The van der Waals surface area contributed by atoms with E-state index in [1.165, 1.54) is 163 Å². The molecule has 146 heavy (non-hydrogen) atoms. The van der Waals surface area contributed by atoms with Crippen molar-refractivity contribution in [1.29, 1.82) is 0 Å². The first kappa shape index (κ1) is 115. The lowest BCUT2D eigenvalue weighted by molar-refractivity contribution is 0.121. The molecule has 22 rings (SSSR count). The number of nitrogens with zero attached hydrogens (tertiary/aromatic N) is 3. The SMILES string of the molecule is C.CC(C)(C)C1=Cc2ccccc2C1.CC(C)(C)C1=Cc2ccccc2C1.CC(C)(C)C1Cc2ccccc2C1.CC(C)(C)N1CCc2ccccc2C1.CC(C)(C)N1Cc2ccccc2C1.CC(C)(C)c1ccc2c(c1)C=CC2.CC(C)(C)c1ccc2c(c1)CC=C2.CC(C)(C)c1ccc2c(c1)CC=C2.CC(C)(C)c1ccc2c(c1)CCCC2.CC(C)(C)c1ccc2ccoc2c1.CC(C)(C)c1nc2ccccc2o1. The van der Waals surface area contributed by atoms with Gasteiger partial charge in [-0.3, -0.25) is 9.80 Å². The third-order valence-corrected chi connectivity index (χ3v) is 30.0. The summed E-state index contributed by atoms with van der Waals surface area (Å²) >= 11 is 0. The molecule has 776 valence electrons. The Labute approximate surface area is 887 Å². The standard InChI is InChI=1S/C14H20.C13H19N.3C13H16.C13H18.2C13H16.C12H17N.C12H14O.C11H13NO.CH4/c1-14(2,3)13-9-8-11-6-4-5-7-12(11)10-13;1-13(2,3)14-9-8-11-6-4-5-7-12(11)10-14;3*1-13(2,3)12-8-7-10-5-4-6-11(10)9-12;3*1-13(2,3)12-8-10-6-4-5-7-11(10)9-12;1-12(2,3)13-8-10-6-4-5-7-11(10)9-13;1-12(2,3)10-5-4-9-6-7-13-11(9)8-10;1-11(2,3)10-12-8-6-4-5-7-9(8)13-10;/h8-10H,4-7H2,1-3H3;4-7H,8-10H2,1-3H3;4,6-9H,5H2,1-3H3;2*4-5,7-9H,6H2,1-3H3;4-7,12H,8-9H2,1-3H3;2*4-8H,9H2,1-3H3;4-7H,8-9H2,1-3H3;4-8H,1-3H3;4-7H,1-3H3;1H4. The molecule has 0 atom stereocenters. The predicted octanol–water partition coefficient (Wildman–Crippen LogP) is 38.5. The Balaban J connectivity index is 0.000000153. The largest absolute Gasteiger partial charge is 0.464 e. The van der Waals surface area contributed by atoms with Crippen LogP contribution >= 0.6 is 0 Å². The molecule has 4 heterocycles. The maximum atomic E-state index is 5.62. The summed E-state index contributed by atoms with van der Waals surface area (Å²) in [6, 6.07) is 87.5. The highest BCUT2D eigenvalue weighted by atomic mass is 16.3. The zero-order valence-electron chi connectivity index (χ0n) is 95.8. The topological polar surface area (TPSA) is 45.7 Å². The minimum absolute atomic E-state index is 0. The second-order valence-corrected chi connectivity index (χ2v) is 53.1. The summed E-state index contributed by atoms with van der Waals surface area (Å²) in [6.45, 7) is 79.1. The fourth-order valence-electron chi connectivity index (χ4n) is 19.5. The smallest absolute Gasteiger partial charge is 0.200 e. The summed E-state index contributed by atoms with van der Waals surface area (Å²) in [5.74, 6) is 1.64. The number of furan rings is 1. The lowest BCUT2D eigenvalue weighted by atomic mass is 9.79. The van der Waals surface area contributed by atoms with Crippen molar-refractivity contribution in [3.63, 3.8) is 0 Å². The quantitative estimate of drug-likeness (QED) is 0.151. The van der Waals surface area contributed by atoms with E-state index in [4.69, 9.17) is 8.83 Å². The molecule has 0 spiro atoms. The van der Waals surface area contributed by atoms with Crippen LogP contribution in [0.15, 0.2) is 287 Å². The van der Waals surface area contributed by atoms with Crippen molar-refractivity contribution in [1.82, 2.24) is 14.8 Å². The number of aromatic nitrogens is 1. The van der Waals surface area contributed by atoms with Crippen LogP contribution in [0, 0.1) is 22.2 Å². The van der Waals surface area contributed by atoms with Gasteiger partial charge in [0.15, 0.2) is 5.58 Å². The summed E-state index contributed by atoms with van der Waals surface area (Å²) in [7, 11) is 0. The number of allylic oxidation sites excluding steroid dienone is 5. The summed E-state index contributed by atoms with van der Waals surface area (Å²) in [6.07, 6.45) is 34.5. The highest BCUT2D eigenvalue weighted by molar-refractivity contribution is 5.78. The van der Waals surface area contributed by atoms with Gasteiger partial charge < -0.3 is 8.83 Å². The predicted molar refractivity (Wildman–Crippen MR) is 637 cm³/mol. The molecule has 9 aliphatic rings. The number of benzene rings is 11. The minimum Gasteiger partial charge on any atom is -0.464 e. The monoisotopic (exact) mass is 1950 g/mol. The number of hydrogen-bond acceptors (Lipinski definition) is 5. The molecule has 2 aliphatic heterocycles. The second-order valence-electron chi connectivity index (χ2n) is 53.1. The van der Waals surface area contributed by atoms with Gasteiger partial charge in [-0.2, -0.15) is 0 Å². The molecule has 5 heteroatoms. The Hall–Kier alpha value is -11.0. The van der Waals surface area contributed by atoms with E-state index < -0.39 is 0 Å². The molecular weight excluding hydrogens is 1770 g/mol. The summed E-state index contributed by atoms with van der Waals surface area (Å²) in [5.41, 5.74) is 42.7. The molecule has 2 aromatic heterocycles. The van der Waals surface area contributed by atoms with Gasteiger partial charge in [-0.05, 0) is 320 Å². The van der Waals surface area contributed by atoms with Crippen LogP contribution in [-0.2, 0) is 116 Å². The summed E-state index contributed by atoms with van der Waals surface area (Å²) in [5, 5.41) is 1.17. The fraction of sp³-hybridized carbons (Fsp3) is 0.440. The molecular formula is C141H185N3O2. The molecule has 0 bridgehead atoms.